The summed E-state index contributed by atoms with van der Waals surface area (Å²) in [7, 11) is 0. The van der Waals surface area contributed by atoms with E-state index in [0.29, 0.717) is 23.2 Å². The van der Waals surface area contributed by atoms with E-state index in [9.17, 15) is 5.11 Å². The number of hydrogen-bond donors (Lipinski definition) is 1. The zero-order valence-corrected chi connectivity index (χ0v) is 9.74. The van der Waals surface area contributed by atoms with Gasteiger partial charge in [-0.25, -0.2) is 0 Å². The Morgan fingerprint density at radius 1 is 1.40 bits per heavy atom. The predicted octanol–water partition coefficient (Wildman–Crippen LogP) is 2.44. The fourth-order valence-electron chi connectivity index (χ4n) is 1.09. The standard InChI is InChI=1S/C11H16ClNO2/c1-8(2)6-15-7-11(14)10-4-3-9(12)5-13-10/h3-5,8,11,14H,6-7H2,1-2H3/t11-/m0/s1. The van der Waals surface area contributed by atoms with E-state index in [2.05, 4.69) is 18.8 Å². The molecule has 0 aliphatic heterocycles. The SMILES string of the molecule is CC(C)COC[C@H](O)c1ccc(Cl)cn1. The first-order valence-electron chi connectivity index (χ1n) is 4.97. The summed E-state index contributed by atoms with van der Waals surface area (Å²) in [5.41, 5.74) is 0.586. The largest absolute Gasteiger partial charge is 0.384 e. The molecular formula is C11H16ClNO2. The third kappa shape index (κ3) is 4.60. The highest BCUT2D eigenvalue weighted by molar-refractivity contribution is 6.30. The molecule has 0 spiro atoms. The number of halogens is 1. The second-order valence-corrected chi connectivity index (χ2v) is 4.28. The average molecular weight is 230 g/mol. The molecule has 0 fully saturated rings. The first-order chi connectivity index (χ1) is 7.09. The van der Waals surface area contributed by atoms with Gasteiger partial charge in [0, 0.05) is 12.8 Å². The fourth-order valence-corrected chi connectivity index (χ4v) is 1.20. The van der Waals surface area contributed by atoms with Gasteiger partial charge in [0.1, 0.15) is 6.10 Å². The van der Waals surface area contributed by atoms with Gasteiger partial charge in [-0.15, -0.1) is 0 Å². The van der Waals surface area contributed by atoms with Crippen LogP contribution in [0.2, 0.25) is 5.02 Å². The van der Waals surface area contributed by atoms with Crippen LogP contribution in [0.5, 0.6) is 0 Å². The number of pyridine rings is 1. The van der Waals surface area contributed by atoms with Crippen molar-refractivity contribution in [2.45, 2.75) is 20.0 Å². The van der Waals surface area contributed by atoms with Gasteiger partial charge in [-0.1, -0.05) is 25.4 Å². The lowest BCUT2D eigenvalue weighted by Gasteiger charge is -2.12. The summed E-state index contributed by atoms with van der Waals surface area (Å²) in [5, 5.41) is 10.3. The molecular weight excluding hydrogens is 214 g/mol. The molecule has 0 saturated heterocycles. The molecule has 0 aliphatic carbocycles. The second-order valence-electron chi connectivity index (χ2n) is 3.85. The molecule has 1 aromatic rings. The van der Waals surface area contributed by atoms with Crippen molar-refractivity contribution in [1.82, 2.24) is 4.98 Å². The Labute approximate surface area is 95.1 Å². The van der Waals surface area contributed by atoms with E-state index in [4.69, 9.17) is 16.3 Å². The van der Waals surface area contributed by atoms with Gasteiger partial charge in [-0.05, 0) is 18.1 Å². The molecule has 84 valence electrons. The maximum atomic E-state index is 9.69. The van der Waals surface area contributed by atoms with Crippen LogP contribution in [0.25, 0.3) is 0 Å². The molecule has 1 rings (SSSR count). The van der Waals surface area contributed by atoms with Gasteiger partial charge in [0.25, 0.3) is 0 Å². The van der Waals surface area contributed by atoms with E-state index in [1.807, 2.05) is 0 Å². The number of rotatable bonds is 5. The number of ether oxygens (including phenoxy) is 1. The van der Waals surface area contributed by atoms with Gasteiger partial charge in [-0.2, -0.15) is 0 Å². The van der Waals surface area contributed by atoms with Crippen molar-refractivity contribution in [2.75, 3.05) is 13.2 Å². The summed E-state index contributed by atoms with van der Waals surface area (Å²) in [6, 6.07) is 3.40. The maximum Gasteiger partial charge on any atom is 0.119 e. The summed E-state index contributed by atoms with van der Waals surface area (Å²) in [6.45, 7) is 5.04. The summed E-state index contributed by atoms with van der Waals surface area (Å²) >= 11 is 5.69. The van der Waals surface area contributed by atoms with Crippen molar-refractivity contribution < 1.29 is 9.84 Å². The number of aromatic nitrogens is 1. The van der Waals surface area contributed by atoms with Crippen LogP contribution in [0, 0.1) is 5.92 Å². The molecule has 0 amide bonds. The van der Waals surface area contributed by atoms with Crippen LogP contribution >= 0.6 is 11.6 Å². The Hall–Kier alpha value is -0.640. The molecule has 0 bridgehead atoms. The van der Waals surface area contributed by atoms with Crippen LogP contribution in [0.4, 0.5) is 0 Å². The number of hydrogen-bond acceptors (Lipinski definition) is 3. The van der Waals surface area contributed by atoms with E-state index in [1.165, 1.54) is 6.20 Å². The van der Waals surface area contributed by atoms with Crippen LogP contribution in [-0.2, 0) is 4.74 Å². The predicted molar refractivity (Wildman–Crippen MR) is 59.9 cm³/mol. The normalized spacial score (nSPS) is 13.1. The Morgan fingerprint density at radius 3 is 2.67 bits per heavy atom. The molecule has 0 aliphatic rings. The summed E-state index contributed by atoms with van der Waals surface area (Å²) in [6.07, 6.45) is 0.837. The Bertz CT molecular complexity index is 287. The smallest absolute Gasteiger partial charge is 0.119 e. The highest BCUT2D eigenvalue weighted by atomic mass is 35.5. The molecule has 0 unspecified atom stereocenters. The molecule has 4 heteroatoms. The Balaban J connectivity index is 2.40. The van der Waals surface area contributed by atoms with Crippen LogP contribution in [0.15, 0.2) is 18.3 Å². The quantitative estimate of drug-likeness (QED) is 0.844. The van der Waals surface area contributed by atoms with Gasteiger partial charge >= 0.3 is 0 Å². The summed E-state index contributed by atoms with van der Waals surface area (Å²) < 4.78 is 5.32. The minimum absolute atomic E-state index is 0.271. The van der Waals surface area contributed by atoms with Crippen molar-refractivity contribution in [2.24, 2.45) is 5.92 Å². The third-order valence-corrected chi connectivity index (χ3v) is 2.04. The van der Waals surface area contributed by atoms with Crippen LogP contribution in [0.1, 0.15) is 25.6 Å². The lowest BCUT2D eigenvalue weighted by atomic mass is 10.2. The topological polar surface area (TPSA) is 42.4 Å². The monoisotopic (exact) mass is 229 g/mol. The van der Waals surface area contributed by atoms with Gasteiger partial charge in [0.05, 0.1) is 17.3 Å². The minimum atomic E-state index is -0.680. The zero-order valence-electron chi connectivity index (χ0n) is 8.98. The molecule has 0 saturated carbocycles. The summed E-state index contributed by atoms with van der Waals surface area (Å²) in [5.74, 6) is 0.468. The van der Waals surface area contributed by atoms with Crippen molar-refractivity contribution >= 4 is 11.6 Å². The van der Waals surface area contributed by atoms with Crippen LogP contribution in [0.3, 0.4) is 0 Å². The van der Waals surface area contributed by atoms with Crippen molar-refractivity contribution in [3.05, 3.63) is 29.0 Å². The maximum absolute atomic E-state index is 9.69. The van der Waals surface area contributed by atoms with E-state index < -0.39 is 6.10 Å². The average Bonchev–Trinajstić information content (AvgIpc) is 2.18. The van der Waals surface area contributed by atoms with Gasteiger partial charge in [-0.3, -0.25) is 4.98 Å². The number of aliphatic hydroxyl groups excluding tert-OH is 1. The third-order valence-electron chi connectivity index (χ3n) is 1.82. The van der Waals surface area contributed by atoms with E-state index in [0.717, 1.165) is 0 Å². The van der Waals surface area contributed by atoms with Crippen LogP contribution < -0.4 is 0 Å². The minimum Gasteiger partial charge on any atom is -0.384 e. The van der Waals surface area contributed by atoms with Crippen molar-refractivity contribution in [1.29, 1.82) is 0 Å². The van der Waals surface area contributed by atoms with E-state index in [-0.39, 0.29) is 6.61 Å². The molecule has 0 radical (unpaired) electrons. The molecule has 1 heterocycles. The molecule has 1 aromatic heterocycles. The lowest BCUT2D eigenvalue weighted by Crippen LogP contribution is -2.11. The first kappa shape index (κ1) is 12.4. The lowest BCUT2D eigenvalue weighted by molar-refractivity contribution is 0.0231. The van der Waals surface area contributed by atoms with Gasteiger partial charge < -0.3 is 9.84 Å². The highest BCUT2D eigenvalue weighted by Crippen LogP contribution is 2.13. The summed E-state index contributed by atoms with van der Waals surface area (Å²) in [4.78, 5) is 4.01. The Kier molecular flexibility index (Phi) is 5.02. The Morgan fingerprint density at radius 2 is 2.13 bits per heavy atom. The molecule has 3 nitrogen and oxygen atoms in total. The van der Waals surface area contributed by atoms with Crippen LogP contribution in [-0.4, -0.2) is 23.3 Å². The van der Waals surface area contributed by atoms with E-state index in [1.54, 1.807) is 12.1 Å². The van der Waals surface area contributed by atoms with Crippen molar-refractivity contribution in [3.8, 4) is 0 Å². The van der Waals surface area contributed by atoms with Crippen molar-refractivity contribution in [3.63, 3.8) is 0 Å². The number of nitrogens with zero attached hydrogens (tertiary/aromatic N) is 1. The van der Waals surface area contributed by atoms with E-state index >= 15 is 0 Å². The molecule has 1 atom stereocenters. The first-order valence-corrected chi connectivity index (χ1v) is 5.34. The molecule has 1 N–H and O–H groups in total. The second kappa shape index (κ2) is 6.05. The van der Waals surface area contributed by atoms with Gasteiger partial charge in [0.15, 0.2) is 0 Å². The molecule has 15 heavy (non-hydrogen) atoms. The zero-order chi connectivity index (χ0) is 11.3. The molecule has 0 aromatic carbocycles. The fraction of sp³-hybridized carbons (Fsp3) is 0.545. The van der Waals surface area contributed by atoms with Gasteiger partial charge in [0.2, 0.25) is 0 Å². The highest BCUT2D eigenvalue weighted by Gasteiger charge is 2.09. The number of aliphatic hydroxyl groups is 1.